The lowest BCUT2D eigenvalue weighted by atomic mass is 9.82. The lowest BCUT2D eigenvalue weighted by molar-refractivity contribution is -0.385. The van der Waals surface area contributed by atoms with E-state index >= 15 is 0 Å². The first-order valence-corrected chi connectivity index (χ1v) is 9.94. The van der Waals surface area contributed by atoms with Crippen LogP contribution < -0.4 is 0 Å². The van der Waals surface area contributed by atoms with Crippen molar-refractivity contribution in [2.75, 3.05) is 6.61 Å². The molecule has 0 fully saturated rings. The average Bonchev–Trinajstić information content (AvgIpc) is 3.20. The van der Waals surface area contributed by atoms with Crippen molar-refractivity contribution in [1.82, 2.24) is 0 Å². The molecule has 1 aromatic heterocycles. The molecule has 154 valence electrons. The van der Waals surface area contributed by atoms with Gasteiger partial charge in [0.15, 0.2) is 12.4 Å². The number of nitrogens with zero attached hydrogens (tertiary/aromatic N) is 1. The summed E-state index contributed by atoms with van der Waals surface area (Å²) in [7, 11) is 0. The van der Waals surface area contributed by atoms with Crippen LogP contribution in [-0.4, -0.2) is 34.8 Å². The van der Waals surface area contributed by atoms with Gasteiger partial charge >= 0.3 is 5.97 Å². The van der Waals surface area contributed by atoms with E-state index in [0.29, 0.717) is 4.34 Å². The van der Waals surface area contributed by atoms with Gasteiger partial charge in [0.05, 0.1) is 14.1 Å². The van der Waals surface area contributed by atoms with Gasteiger partial charge in [-0.1, -0.05) is 35.9 Å². The zero-order chi connectivity index (χ0) is 22.3. The molecule has 1 aliphatic carbocycles. The Morgan fingerprint density at radius 1 is 0.968 bits per heavy atom. The minimum absolute atomic E-state index is 0.0124. The summed E-state index contributed by atoms with van der Waals surface area (Å²) in [6.07, 6.45) is 0. The molecule has 0 atom stereocenters. The number of fused-ring (bicyclic) bond motifs is 2. The maximum absolute atomic E-state index is 12.9. The summed E-state index contributed by atoms with van der Waals surface area (Å²) in [5, 5.41) is 11.8. The fourth-order valence-electron chi connectivity index (χ4n) is 3.27. The van der Waals surface area contributed by atoms with E-state index in [0.717, 1.165) is 17.4 Å². The predicted octanol–water partition coefficient (Wildman–Crippen LogP) is 4.12. The third-order valence-electron chi connectivity index (χ3n) is 4.65. The number of esters is 1. The number of nitro groups is 1. The maximum Gasteiger partial charge on any atom is 0.345 e. The van der Waals surface area contributed by atoms with Gasteiger partial charge in [0.25, 0.3) is 5.69 Å². The number of hydrogen-bond donors (Lipinski definition) is 0. The number of rotatable bonds is 5. The van der Waals surface area contributed by atoms with Crippen molar-refractivity contribution < 1.29 is 28.8 Å². The molecular weight excluding hydrogens is 446 g/mol. The molecule has 8 nitrogen and oxygen atoms in total. The third kappa shape index (κ3) is 3.54. The van der Waals surface area contributed by atoms with Crippen LogP contribution in [0.4, 0.5) is 5.69 Å². The maximum atomic E-state index is 12.9. The molecule has 0 N–H and O–H groups in total. The van der Waals surface area contributed by atoms with E-state index in [1.807, 2.05) is 0 Å². The normalized spacial score (nSPS) is 12.2. The van der Waals surface area contributed by atoms with Crippen LogP contribution in [0, 0.1) is 10.1 Å². The summed E-state index contributed by atoms with van der Waals surface area (Å²) in [6, 6.07) is 11.1. The minimum atomic E-state index is -1.16. The van der Waals surface area contributed by atoms with Gasteiger partial charge in [-0.15, -0.1) is 11.3 Å². The van der Waals surface area contributed by atoms with Crippen LogP contribution in [0.1, 0.15) is 51.9 Å². The lowest BCUT2D eigenvalue weighted by Gasteiger charge is -2.18. The van der Waals surface area contributed by atoms with Gasteiger partial charge in [-0.25, -0.2) is 4.79 Å². The van der Waals surface area contributed by atoms with Gasteiger partial charge in [-0.3, -0.25) is 24.5 Å². The summed E-state index contributed by atoms with van der Waals surface area (Å²) < 4.78 is 5.32. The van der Waals surface area contributed by atoms with E-state index in [4.69, 9.17) is 16.3 Å². The van der Waals surface area contributed by atoms with Crippen LogP contribution in [0.25, 0.3) is 0 Å². The van der Waals surface area contributed by atoms with Crippen LogP contribution in [0.5, 0.6) is 0 Å². The highest BCUT2D eigenvalue weighted by Crippen LogP contribution is 2.35. The summed E-state index contributed by atoms with van der Waals surface area (Å²) in [4.78, 5) is 61.5. The second kappa shape index (κ2) is 7.86. The Kier molecular flexibility index (Phi) is 5.22. The number of halogens is 1. The molecule has 0 aliphatic heterocycles. The number of nitro benzene ring substituents is 1. The predicted molar refractivity (Wildman–Crippen MR) is 110 cm³/mol. The second-order valence-electron chi connectivity index (χ2n) is 6.45. The Bertz CT molecular complexity index is 1310. The Morgan fingerprint density at radius 2 is 1.65 bits per heavy atom. The van der Waals surface area contributed by atoms with Crippen LogP contribution >= 0.6 is 22.9 Å². The highest BCUT2D eigenvalue weighted by atomic mass is 35.5. The quantitative estimate of drug-likeness (QED) is 0.192. The molecule has 4 rings (SSSR count). The molecule has 0 bridgehead atoms. The summed E-state index contributed by atoms with van der Waals surface area (Å²) >= 11 is 6.77. The average molecular weight is 456 g/mol. The molecule has 31 heavy (non-hydrogen) atoms. The van der Waals surface area contributed by atoms with Crippen LogP contribution in [0.15, 0.2) is 48.5 Å². The smallest absolute Gasteiger partial charge is 0.345 e. The standard InChI is InChI=1S/C21H10ClNO7S/c22-16-8-7-15(31-16)14(24)9-30-21(27)13-6-5-12-17(18(13)23(28)29)20(26)11-4-2-1-3-10(11)19(12)25/h1-8H,9H2. The van der Waals surface area contributed by atoms with Gasteiger partial charge < -0.3 is 4.74 Å². The molecule has 0 saturated heterocycles. The van der Waals surface area contributed by atoms with Gasteiger partial charge in [-0.05, 0) is 24.3 Å². The number of carbonyl (C=O) groups is 4. The third-order valence-corrected chi connectivity index (χ3v) is 5.92. The largest absolute Gasteiger partial charge is 0.453 e. The van der Waals surface area contributed by atoms with Gasteiger partial charge in [0.2, 0.25) is 11.6 Å². The van der Waals surface area contributed by atoms with Crippen LogP contribution in [0.3, 0.4) is 0 Å². The number of ketones is 3. The molecule has 2 aromatic carbocycles. The van der Waals surface area contributed by atoms with Crippen molar-refractivity contribution in [3.8, 4) is 0 Å². The molecule has 0 saturated carbocycles. The summed E-state index contributed by atoms with van der Waals surface area (Å²) in [5.74, 6) is -3.00. The highest BCUT2D eigenvalue weighted by molar-refractivity contribution is 7.18. The van der Waals surface area contributed by atoms with Crippen molar-refractivity contribution in [3.05, 3.63) is 95.7 Å². The van der Waals surface area contributed by atoms with E-state index in [1.54, 1.807) is 6.07 Å². The lowest BCUT2D eigenvalue weighted by Crippen LogP contribution is -2.24. The van der Waals surface area contributed by atoms with Crippen molar-refractivity contribution in [1.29, 1.82) is 0 Å². The number of benzene rings is 2. The number of ether oxygens (including phenoxy) is 1. The van der Waals surface area contributed by atoms with Crippen LogP contribution in [-0.2, 0) is 4.74 Å². The first-order valence-electron chi connectivity index (χ1n) is 8.75. The summed E-state index contributed by atoms with van der Waals surface area (Å²) in [6.45, 7) is -0.667. The van der Waals surface area contributed by atoms with Crippen LogP contribution in [0.2, 0.25) is 4.34 Å². The SMILES string of the molecule is O=C(COC(=O)c1ccc2c(c1[N+](=O)[O-])C(=O)c1ccccc1C2=O)c1ccc(Cl)s1. The molecule has 1 aliphatic rings. The van der Waals surface area contributed by atoms with Crippen molar-refractivity contribution >= 4 is 51.9 Å². The highest BCUT2D eigenvalue weighted by Gasteiger charge is 2.39. The van der Waals surface area contributed by atoms with Crippen molar-refractivity contribution in [3.63, 3.8) is 0 Å². The topological polar surface area (TPSA) is 121 Å². The number of thiophene rings is 1. The van der Waals surface area contributed by atoms with E-state index in [9.17, 15) is 29.3 Å². The fourth-order valence-corrected chi connectivity index (χ4v) is 4.23. The minimum Gasteiger partial charge on any atom is -0.453 e. The number of carbonyl (C=O) groups excluding carboxylic acids is 4. The van der Waals surface area contributed by atoms with Gasteiger partial charge in [0.1, 0.15) is 11.1 Å². The molecule has 0 radical (unpaired) electrons. The molecule has 3 aromatic rings. The first-order chi connectivity index (χ1) is 14.8. The van der Waals surface area contributed by atoms with E-state index in [2.05, 4.69) is 0 Å². The molecule has 0 unspecified atom stereocenters. The number of hydrogen-bond acceptors (Lipinski definition) is 8. The van der Waals surface area contributed by atoms with Gasteiger partial charge in [0, 0.05) is 16.7 Å². The second-order valence-corrected chi connectivity index (χ2v) is 8.16. The van der Waals surface area contributed by atoms with Crippen molar-refractivity contribution in [2.24, 2.45) is 0 Å². The van der Waals surface area contributed by atoms with Gasteiger partial charge in [-0.2, -0.15) is 0 Å². The molecular formula is C21H10ClNO7S. The first kappa shape index (κ1) is 20.6. The zero-order valence-corrected chi connectivity index (χ0v) is 17.0. The zero-order valence-electron chi connectivity index (χ0n) is 15.4. The molecule has 0 amide bonds. The summed E-state index contributed by atoms with van der Waals surface area (Å²) in [5.41, 5.74) is -1.86. The molecule has 10 heteroatoms. The Hall–Kier alpha value is -3.69. The Labute approximate surface area is 183 Å². The van der Waals surface area contributed by atoms with E-state index in [-0.39, 0.29) is 21.6 Å². The number of Topliss-reactive ketones (excluding diaryl/α,β-unsaturated/α-hetero) is 1. The monoisotopic (exact) mass is 455 g/mol. The Balaban J connectivity index is 1.70. The van der Waals surface area contributed by atoms with Crippen molar-refractivity contribution in [2.45, 2.75) is 0 Å². The van der Waals surface area contributed by atoms with E-state index in [1.165, 1.54) is 36.4 Å². The fraction of sp³-hybridized carbons (Fsp3) is 0.0476. The molecule has 1 heterocycles. The molecule has 0 spiro atoms. The van der Waals surface area contributed by atoms with E-state index < -0.39 is 51.7 Å². The Morgan fingerprint density at radius 3 is 2.26 bits per heavy atom.